The summed E-state index contributed by atoms with van der Waals surface area (Å²) in [5, 5.41) is 11.1. The molecule has 0 spiro atoms. The van der Waals surface area contributed by atoms with Crippen molar-refractivity contribution in [2.75, 3.05) is 0 Å². The molecule has 98 valence electrons. The molecule has 1 aromatic heterocycles. The van der Waals surface area contributed by atoms with Gasteiger partial charge in [-0.1, -0.05) is 0 Å². The summed E-state index contributed by atoms with van der Waals surface area (Å²) in [7, 11) is 1.64. The van der Waals surface area contributed by atoms with E-state index < -0.39 is 30.2 Å². The minimum Gasteiger partial charge on any atom is -0.480 e. The number of nitrogens with zero attached hydrogens (tertiary/aromatic N) is 1. The van der Waals surface area contributed by atoms with Crippen LogP contribution in [0.1, 0.15) is 16.9 Å². The first-order valence-electron chi connectivity index (χ1n) is 4.95. The molecule has 0 aliphatic rings. The van der Waals surface area contributed by atoms with E-state index in [1.54, 1.807) is 19.3 Å². The summed E-state index contributed by atoms with van der Waals surface area (Å²) in [6, 6.07) is 0.210. The smallest absolute Gasteiger partial charge is 0.326 e. The van der Waals surface area contributed by atoms with E-state index in [1.165, 1.54) is 4.57 Å². The van der Waals surface area contributed by atoms with Gasteiger partial charge in [0, 0.05) is 17.7 Å². The molecule has 4 N–H and O–H groups in total. The van der Waals surface area contributed by atoms with Gasteiger partial charge in [-0.25, -0.2) is 4.79 Å². The Hall–Kier alpha value is -1.83. The number of aliphatic carboxylic acids is 1. The molecule has 0 radical (unpaired) electrons. The second kappa shape index (κ2) is 5.67. The summed E-state index contributed by atoms with van der Waals surface area (Å²) >= 11 is 3.20. The Labute approximate surface area is 111 Å². The Kier molecular flexibility index (Phi) is 4.49. The Morgan fingerprint density at radius 2 is 2.17 bits per heavy atom. The molecule has 1 atom stereocenters. The lowest BCUT2D eigenvalue weighted by Crippen LogP contribution is -2.43. The van der Waals surface area contributed by atoms with E-state index in [0.29, 0.717) is 4.47 Å². The molecule has 1 heterocycles. The number of carboxylic acids is 1. The zero-order valence-corrected chi connectivity index (χ0v) is 11.1. The number of carbonyl (C=O) groups excluding carboxylic acids is 2. The molecule has 0 fully saturated rings. The van der Waals surface area contributed by atoms with Crippen molar-refractivity contribution in [3.05, 3.63) is 22.4 Å². The molecule has 2 amide bonds. The van der Waals surface area contributed by atoms with Crippen LogP contribution in [0.5, 0.6) is 0 Å². The molecule has 0 aliphatic carbocycles. The number of carbonyl (C=O) groups is 3. The molecule has 0 aromatic carbocycles. The fourth-order valence-corrected chi connectivity index (χ4v) is 1.91. The number of nitrogens with two attached hydrogens (primary N) is 1. The van der Waals surface area contributed by atoms with Crippen molar-refractivity contribution in [2.24, 2.45) is 12.8 Å². The normalized spacial score (nSPS) is 11.9. The van der Waals surface area contributed by atoms with Gasteiger partial charge in [0.2, 0.25) is 5.91 Å². The van der Waals surface area contributed by atoms with Gasteiger partial charge in [0.25, 0.3) is 5.91 Å². The maximum absolute atomic E-state index is 11.8. The van der Waals surface area contributed by atoms with Crippen LogP contribution in [0.4, 0.5) is 0 Å². The van der Waals surface area contributed by atoms with E-state index >= 15 is 0 Å². The average Bonchev–Trinajstić information content (AvgIpc) is 2.56. The number of aromatic nitrogens is 1. The lowest BCUT2D eigenvalue weighted by Gasteiger charge is -2.12. The molecule has 0 saturated carbocycles. The lowest BCUT2D eigenvalue weighted by atomic mass is 10.2. The molecule has 0 unspecified atom stereocenters. The Balaban J connectivity index is 2.81. The number of halogens is 1. The molecule has 0 aliphatic heterocycles. The molecule has 8 heteroatoms. The van der Waals surface area contributed by atoms with Crippen molar-refractivity contribution in [3.63, 3.8) is 0 Å². The molecule has 18 heavy (non-hydrogen) atoms. The standard InChI is InChI=1S/C10H12BrN3O4/c1-14-4-5(11)2-7(14)9(16)13-6(10(17)18)3-8(12)15/h2,4,6H,3H2,1H3,(H2,12,15)(H,13,16)(H,17,18)/t6-/m0/s1. The summed E-state index contributed by atoms with van der Waals surface area (Å²) in [6.45, 7) is 0. The molecule has 1 aromatic rings. The van der Waals surface area contributed by atoms with Gasteiger partial charge in [-0.15, -0.1) is 0 Å². The minimum atomic E-state index is -1.33. The van der Waals surface area contributed by atoms with Crippen molar-refractivity contribution >= 4 is 33.7 Å². The van der Waals surface area contributed by atoms with Gasteiger partial charge in [0.05, 0.1) is 6.42 Å². The highest BCUT2D eigenvalue weighted by molar-refractivity contribution is 9.10. The predicted molar refractivity (Wildman–Crippen MR) is 65.8 cm³/mol. The third-order valence-electron chi connectivity index (χ3n) is 2.21. The predicted octanol–water partition coefficient (Wildman–Crippen LogP) is -0.154. The van der Waals surface area contributed by atoms with E-state index in [1.807, 2.05) is 0 Å². The highest BCUT2D eigenvalue weighted by Gasteiger charge is 2.23. The molecule has 0 bridgehead atoms. The number of amides is 2. The summed E-state index contributed by atoms with van der Waals surface area (Å²) in [4.78, 5) is 33.4. The zero-order chi connectivity index (χ0) is 13.9. The highest BCUT2D eigenvalue weighted by Crippen LogP contribution is 2.13. The van der Waals surface area contributed by atoms with Crippen molar-refractivity contribution in [2.45, 2.75) is 12.5 Å². The molecule has 1 rings (SSSR count). The number of carboxylic acid groups (broad SMARTS) is 1. The summed E-state index contributed by atoms with van der Waals surface area (Å²) in [5.74, 6) is -2.69. The fourth-order valence-electron chi connectivity index (χ4n) is 1.38. The maximum atomic E-state index is 11.8. The Bertz CT molecular complexity index is 497. The van der Waals surface area contributed by atoms with Crippen LogP contribution in [0.2, 0.25) is 0 Å². The molecule has 0 saturated heterocycles. The second-order valence-electron chi connectivity index (χ2n) is 3.69. The maximum Gasteiger partial charge on any atom is 0.326 e. The summed E-state index contributed by atoms with van der Waals surface area (Å²) < 4.78 is 2.22. The molecular formula is C10H12BrN3O4. The van der Waals surface area contributed by atoms with Gasteiger partial charge in [-0.3, -0.25) is 9.59 Å². The summed E-state index contributed by atoms with van der Waals surface area (Å²) in [6.07, 6.45) is 1.20. The van der Waals surface area contributed by atoms with Crippen LogP contribution < -0.4 is 11.1 Å². The largest absolute Gasteiger partial charge is 0.480 e. The van der Waals surface area contributed by atoms with E-state index in [0.717, 1.165) is 0 Å². The van der Waals surface area contributed by atoms with Gasteiger partial charge in [-0.2, -0.15) is 0 Å². The van der Waals surface area contributed by atoms with E-state index in [9.17, 15) is 14.4 Å². The van der Waals surface area contributed by atoms with Crippen LogP contribution in [0.25, 0.3) is 0 Å². The van der Waals surface area contributed by atoms with Crippen LogP contribution in [0.15, 0.2) is 16.7 Å². The van der Waals surface area contributed by atoms with Crippen molar-refractivity contribution in [1.82, 2.24) is 9.88 Å². The van der Waals surface area contributed by atoms with Crippen molar-refractivity contribution in [3.8, 4) is 0 Å². The van der Waals surface area contributed by atoms with Gasteiger partial charge in [-0.05, 0) is 22.0 Å². The number of hydrogen-bond acceptors (Lipinski definition) is 3. The van der Waals surface area contributed by atoms with Gasteiger partial charge in [0.1, 0.15) is 11.7 Å². The molecular weight excluding hydrogens is 306 g/mol. The van der Waals surface area contributed by atoms with Crippen LogP contribution >= 0.6 is 15.9 Å². The summed E-state index contributed by atoms with van der Waals surface area (Å²) in [5.41, 5.74) is 5.19. The van der Waals surface area contributed by atoms with E-state index in [4.69, 9.17) is 10.8 Å². The Morgan fingerprint density at radius 3 is 2.56 bits per heavy atom. The SMILES string of the molecule is Cn1cc(Br)cc1C(=O)N[C@@H](CC(N)=O)C(=O)O. The zero-order valence-electron chi connectivity index (χ0n) is 9.51. The van der Waals surface area contributed by atoms with Crippen LogP contribution in [-0.2, 0) is 16.6 Å². The number of rotatable bonds is 5. The number of aryl methyl sites for hydroxylation is 1. The average molecular weight is 318 g/mol. The van der Waals surface area contributed by atoms with Gasteiger partial charge < -0.3 is 20.7 Å². The first-order valence-corrected chi connectivity index (χ1v) is 5.74. The quantitative estimate of drug-likeness (QED) is 0.700. The third kappa shape index (κ3) is 3.59. The lowest BCUT2D eigenvalue weighted by molar-refractivity contribution is -0.140. The Morgan fingerprint density at radius 1 is 1.56 bits per heavy atom. The van der Waals surface area contributed by atoms with Crippen LogP contribution in [0, 0.1) is 0 Å². The topological polar surface area (TPSA) is 114 Å². The van der Waals surface area contributed by atoms with E-state index in [-0.39, 0.29) is 5.69 Å². The van der Waals surface area contributed by atoms with Gasteiger partial charge in [0.15, 0.2) is 0 Å². The second-order valence-corrected chi connectivity index (χ2v) is 4.60. The first-order chi connectivity index (χ1) is 8.31. The number of primary amides is 1. The monoisotopic (exact) mass is 317 g/mol. The van der Waals surface area contributed by atoms with Gasteiger partial charge >= 0.3 is 5.97 Å². The van der Waals surface area contributed by atoms with Crippen LogP contribution in [-0.4, -0.2) is 33.5 Å². The number of nitrogens with one attached hydrogen (secondary N) is 1. The van der Waals surface area contributed by atoms with Crippen molar-refractivity contribution < 1.29 is 19.5 Å². The third-order valence-corrected chi connectivity index (χ3v) is 2.65. The molecule has 7 nitrogen and oxygen atoms in total. The fraction of sp³-hybridized carbons (Fsp3) is 0.300. The van der Waals surface area contributed by atoms with Crippen LogP contribution in [0.3, 0.4) is 0 Å². The first kappa shape index (κ1) is 14.2. The van der Waals surface area contributed by atoms with E-state index in [2.05, 4.69) is 21.2 Å². The van der Waals surface area contributed by atoms with Crippen molar-refractivity contribution in [1.29, 1.82) is 0 Å². The highest BCUT2D eigenvalue weighted by atomic mass is 79.9. The number of hydrogen-bond donors (Lipinski definition) is 3. The minimum absolute atomic E-state index is 0.276.